The van der Waals surface area contributed by atoms with Crippen LogP contribution in [0, 0.1) is 17.0 Å². The van der Waals surface area contributed by atoms with Crippen molar-refractivity contribution < 1.29 is 51.6 Å². The molecule has 0 radical (unpaired) electrons. The Bertz CT molecular complexity index is 872. The summed E-state index contributed by atoms with van der Waals surface area (Å²) < 4.78 is 59.0. The van der Waals surface area contributed by atoms with Crippen LogP contribution in [0.4, 0.5) is 18.0 Å². The molecule has 0 fully saturated rings. The number of esters is 1. The molecular formula is C16H13BrF3NO9. The van der Waals surface area contributed by atoms with E-state index in [1.54, 1.807) is 13.0 Å². The van der Waals surface area contributed by atoms with Gasteiger partial charge in [0, 0.05) is 10.0 Å². The van der Waals surface area contributed by atoms with Gasteiger partial charge in [-0.05, 0) is 30.7 Å². The molecule has 1 aliphatic heterocycles. The first-order chi connectivity index (χ1) is 14.0. The Morgan fingerprint density at radius 3 is 2.57 bits per heavy atom. The van der Waals surface area contributed by atoms with Crippen LogP contribution in [0.15, 0.2) is 22.2 Å². The lowest BCUT2D eigenvalue weighted by Gasteiger charge is -2.28. The molecule has 1 heterocycles. The summed E-state index contributed by atoms with van der Waals surface area (Å²) in [7, 11) is 0. The molecule has 0 saturated heterocycles. The Kier molecular flexibility index (Phi) is 7.48. The zero-order valence-corrected chi connectivity index (χ0v) is 16.7. The zero-order chi connectivity index (χ0) is 22.5. The van der Waals surface area contributed by atoms with E-state index >= 15 is 0 Å². The molecule has 0 spiro atoms. The maximum Gasteiger partial charge on any atom is 0.511 e. The highest BCUT2D eigenvalue weighted by atomic mass is 79.9. The van der Waals surface area contributed by atoms with Crippen LogP contribution in [0.25, 0.3) is 6.08 Å². The van der Waals surface area contributed by atoms with Crippen molar-refractivity contribution >= 4 is 34.1 Å². The van der Waals surface area contributed by atoms with E-state index in [1.165, 1.54) is 6.07 Å². The van der Waals surface area contributed by atoms with Crippen molar-refractivity contribution in [2.75, 3.05) is 20.0 Å². The van der Waals surface area contributed by atoms with Crippen LogP contribution in [0.2, 0.25) is 0 Å². The predicted octanol–water partition coefficient (Wildman–Crippen LogP) is 3.33. The Labute approximate surface area is 174 Å². The first-order valence-corrected chi connectivity index (χ1v) is 8.77. The number of hydrogen-bond donors (Lipinski definition) is 0. The van der Waals surface area contributed by atoms with Crippen molar-refractivity contribution in [3.05, 3.63) is 43.4 Å². The molecule has 164 valence electrons. The lowest BCUT2D eigenvalue weighted by atomic mass is 9.99. The minimum atomic E-state index is -4.92. The first-order valence-electron chi connectivity index (χ1n) is 7.98. The topological polar surface area (TPSA) is 123 Å². The van der Waals surface area contributed by atoms with Gasteiger partial charge in [0.1, 0.15) is 19.0 Å². The van der Waals surface area contributed by atoms with Crippen molar-refractivity contribution in [3.8, 4) is 5.75 Å². The largest absolute Gasteiger partial charge is 0.511 e. The summed E-state index contributed by atoms with van der Waals surface area (Å²) in [6, 6.07) is 3.02. The SMILES string of the molecule is Cc1cc(Br)cc2c1O[C@H](C(F)(F)F)C(C(=O)OCOC(=O)OCCO[N+](=O)[O-])=C2. The number of alkyl halides is 3. The van der Waals surface area contributed by atoms with Crippen molar-refractivity contribution in [2.45, 2.75) is 19.2 Å². The lowest BCUT2D eigenvalue weighted by Crippen LogP contribution is -2.41. The van der Waals surface area contributed by atoms with E-state index in [4.69, 9.17) is 4.74 Å². The summed E-state index contributed by atoms with van der Waals surface area (Å²) in [5, 5.41) is 8.80. The van der Waals surface area contributed by atoms with Gasteiger partial charge in [0.2, 0.25) is 12.9 Å². The van der Waals surface area contributed by atoms with Crippen LogP contribution >= 0.6 is 15.9 Å². The Balaban J connectivity index is 2.02. The third-order valence-electron chi connectivity index (χ3n) is 3.50. The second kappa shape index (κ2) is 9.65. The van der Waals surface area contributed by atoms with Gasteiger partial charge in [-0.15, -0.1) is 10.1 Å². The standard InChI is InChI=1S/C16H13BrF3NO9/c1-8-4-10(17)5-9-6-11(13(16(18,19)20)30-12(8)9)14(22)27-7-28-15(23)26-2-3-29-21(24)25/h4-6,13H,2-3,7H2,1H3/t13-/m0/s1. The van der Waals surface area contributed by atoms with Gasteiger partial charge >= 0.3 is 18.3 Å². The van der Waals surface area contributed by atoms with Gasteiger partial charge in [0.15, 0.2) is 0 Å². The predicted molar refractivity (Wildman–Crippen MR) is 93.7 cm³/mol. The fourth-order valence-corrected chi connectivity index (χ4v) is 2.94. The Morgan fingerprint density at radius 2 is 1.93 bits per heavy atom. The number of ether oxygens (including phenoxy) is 4. The molecule has 0 bridgehead atoms. The van der Waals surface area contributed by atoms with Crippen LogP contribution in [0.1, 0.15) is 11.1 Å². The van der Waals surface area contributed by atoms with E-state index in [0.717, 1.165) is 6.08 Å². The third kappa shape index (κ3) is 6.23. The maximum absolute atomic E-state index is 13.4. The average molecular weight is 500 g/mol. The van der Waals surface area contributed by atoms with Gasteiger partial charge in [-0.2, -0.15) is 13.2 Å². The van der Waals surface area contributed by atoms with Crippen LogP contribution in [0.5, 0.6) is 5.75 Å². The second-order valence-corrected chi connectivity index (χ2v) is 6.55. The minimum absolute atomic E-state index is 0.0335. The number of halogens is 4. The highest BCUT2D eigenvalue weighted by Gasteiger charge is 2.49. The molecule has 0 saturated carbocycles. The van der Waals surface area contributed by atoms with E-state index in [-0.39, 0.29) is 11.3 Å². The fraction of sp³-hybridized carbons (Fsp3) is 0.375. The molecule has 10 nitrogen and oxygen atoms in total. The first kappa shape index (κ1) is 23.3. The molecule has 0 aromatic heterocycles. The van der Waals surface area contributed by atoms with E-state index in [1.807, 2.05) is 0 Å². The average Bonchev–Trinajstić information content (AvgIpc) is 2.63. The molecule has 0 unspecified atom stereocenters. The zero-order valence-electron chi connectivity index (χ0n) is 15.1. The van der Waals surface area contributed by atoms with Gasteiger partial charge in [0.25, 0.3) is 5.09 Å². The van der Waals surface area contributed by atoms with E-state index < -0.39 is 55.1 Å². The van der Waals surface area contributed by atoms with E-state index in [9.17, 15) is 32.9 Å². The molecule has 2 rings (SSSR count). The van der Waals surface area contributed by atoms with E-state index in [0.29, 0.717) is 10.0 Å². The maximum atomic E-state index is 13.4. The lowest BCUT2D eigenvalue weighted by molar-refractivity contribution is -0.757. The third-order valence-corrected chi connectivity index (χ3v) is 3.95. The normalized spacial score (nSPS) is 15.2. The fourth-order valence-electron chi connectivity index (χ4n) is 2.35. The molecule has 0 amide bonds. The van der Waals surface area contributed by atoms with Crippen molar-refractivity contribution in [3.63, 3.8) is 0 Å². The van der Waals surface area contributed by atoms with Crippen LogP contribution in [0.3, 0.4) is 0 Å². The number of aryl methyl sites for hydroxylation is 1. The van der Waals surface area contributed by atoms with Crippen molar-refractivity contribution in [1.29, 1.82) is 0 Å². The molecule has 0 aliphatic carbocycles. The van der Waals surface area contributed by atoms with Crippen LogP contribution in [-0.2, 0) is 23.8 Å². The minimum Gasteiger partial charge on any atom is -0.475 e. The Hall–Kier alpha value is -3.03. The van der Waals surface area contributed by atoms with Crippen LogP contribution in [-0.4, -0.2) is 49.5 Å². The number of carbonyl (C=O) groups excluding carboxylic acids is 2. The van der Waals surface area contributed by atoms with Gasteiger partial charge in [0.05, 0.1) is 5.57 Å². The van der Waals surface area contributed by atoms with Gasteiger partial charge in [-0.25, -0.2) is 9.59 Å². The molecule has 0 N–H and O–H groups in total. The molecule has 30 heavy (non-hydrogen) atoms. The molecule has 1 aromatic rings. The summed E-state index contributed by atoms with van der Waals surface area (Å²) >= 11 is 3.20. The second-order valence-electron chi connectivity index (χ2n) is 5.63. The number of hydrogen-bond acceptors (Lipinski definition) is 9. The van der Waals surface area contributed by atoms with Gasteiger partial charge in [-0.3, -0.25) is 0 Å². The summed E-state index contributed by atoms with van der Waals surface area (Å²) in [6.45, 7) is -0.605. The highest BCUT2D eigenvalue weighted by molar-refractivity contribution is 9.10. The molecule has 1 aliphatic rings. The highest BCUT2D eigenvalue weighted by Crippen LogP contribution is 2.40. The molecule has 1 atom stereocenters. The monoisotopic (exact) mass is 499 g/mol. The van der Waals surface area contributed by atoms with Crippen molar-refractivity contribution in [1.82, 2.24) is 0 Å². The molecule has 1 aromatic carbocycles. The summed E-state index contributed by atoms with van der Waals surface area (Å²) in [5.41, 5.74) is -0.200. The van der Waals surface area contributed by atoms with E-state index in [2.05, 4.69) is 35.0 Å². The Morgan fingerprint density at radius 1 is 1.23 bits per heavy atom. The van der Waals surface area contributed by atoms with Crippen molar-refractivity contribution in [2.24, 2.45) is 0 Å². The smallest absolute Gasteiger partial charge is 0.475 e. The van der Waals surface area contributed by atoms with Crippen LogP contribution < -0.4 is 4.74 Å². The summed E-state index contributed by atoms with van der Waals surface area (Å²) in [4.78, 5) is 37.1. The molecule has 14 heteroatoms. The summed E-state index contributed by atoms with van der Waals surface area (Å²) in [5.74, 6) is -1.46. The number of rotatable bonds is 7. The van der Waals surface area contributed by atoms with Gasteiger partial charge < -0.3 is 23.8 Å². The number of benzene rings is 1. The number of fused-ring (bicyclic) bond motifs is 1. The number of carbonyl (C=O) groups is 2. The number of nitrogens with zero attached hydrogens (tertiary/aromatic N) is 1. The summed E-state index contributed by atoms with van der Waals surface area (Å²) in [6.07, 6.45) is -7.90. The molecular weight excluding hydrogens is 487 g/mol. The van der Waals surface area contributed by atoms with Gasteiger partial charge in [-0.1, -0.05) is 15.9 Å². The quantitative estimate of drug-likeness (QED) is 0.182.